The number of carbonyl (C=O) groups excluding carboxylic acids is 3. The van der Waals surface area contributed by atoms with Gasteiger partial charge in [-0.1, -0.05) is 32.1 Å². The van der Waals surface area contributed by atoms with Crippen LogP contribution >= 0.6 is 0 Å². The standard InChI is InChI=1S/C20H26O6/c1-11(2)18(21)25-16-10-14(20(23)24-5)8-6-7-12(3)9-15-17(16)13(4)19(22)26-15/h8-9,11,15-17H,4,6-7,10H2,1-3,5H3/b12-9-,14-8+/t15-,16-,17+/m1/s1. The van der Waals surface area contributed by atoms with E-state index in [1.807, 2.05) is 13.0 Å². The number of hydrogen-bond donors (Lipinski definition) is 0. The second kappa shape index (κ2) is 8.34. The Bertz CT molecular complexity index is 670. The Balaban J connectivity index is 2.45. The summed E-state index contributed by atoms with van der Waals surface area (Å²) in [5.41, 5.74) is 1.71. The van der Waals surface area contributed by atoms with Crippen LogP contribution in [0.4, 0.5) is 0 Å². The lowest BCUT2D eigenvalue weighted by Crippen LogP contribution is -2.35. The van der Waals surface area contributed by atoms with Crippen LogP contribution in [-0.4, -0.2) is 37.2 Å². The van der Waals surface area contributed by atoms with E-state index in [2.05, 4.69) is 6.58 Å². The van der Waals surface area contributed by atoms with E-state index < -0.39 is 36.0 Å². The number of esters is 3. The number of fused-ring (bicyclic) bond motifs is 1. The van der Waals surface area contributed by atoms with Gasteiger partial charge in [-0.25, -0.2) is 9.59 Å². The van der Waals surface area contributed by atoms with Crippen LogP contribution in [-0.2, 0) is 28.6 Å². The summed E-state index contributed by atoms with van der Waals surface area (Å²) < 4.78 is 16.0. The second-order valence-electron chi connectivity index (χ2n) is 7.03. The monoisotopic (exact) mass is 362 g/mol. The fraction of sp³-hybridized carbons (Fsp3) is 0.550. The molecule has 0 saturated carbocycles. The highest BCUT2D eigenvalue weighted by Crippen LogP contribution is 2.36. The van der Waals surface area contributed by atoms with Crippen LogP contribution in [0.1, 0.15) is 40.0 Å². The molecule has 1 aliphatic heterocycles. The molecule has 0 bridgehead atoms. The third kappa shape index (κ3) is 4.42. The van der Waals surface area contributed by atoms with E-state index in [9.17, 15) is 14.4 Å². The van der Waals surface area contributed by atoms with Crippen LogP contribution < -0.4 is 0 Å². The predicted molar refractivity (Wildman–Crippen MR) is 94.9 cm³/mol. The molecular weight excluding hydrogens is 336 g/mol. The maximum absolute atomic E-state index is 12.2. The Kier molecular flexibility index (Phi) is 6.40. The summed E-state index contributed by atoms with van der Waals surface area (Å²) in [6.07, 6.45) is 3.91. The van der Waals surface area contributed by atoms with Crippen LogP contribution in [0.15, 0.2) is 35.5 Å². The Morgan fingerprint density at radius 3 is 2.65 bits per heavy atom. The Morgan fingerprint density at radius 1 is 1.35 bits per heavy atom. The van der Waals surface area contributed by atoms with Gasteiger partial charge in [0.1, 0.15) is 12.2 Å². The third-order valence-corrected chi connectivity index (χ3v) is 4.65. The first kappa shape index (κ1) is 19.9. The number of carbonyl (C=O) groups is 3. The molecule has 1 heterocycles. The number of hydrogen-bond acceptors (Lipinski definition) is 6. The largest absolute Gasteiger partial charge is 0.466 e. The molecule has 26 heavy (non-hydrogen) atoms. The molecule has 0 aromatic carbocycles. The van der Waals surface area contributed by atoms with E-state index in [1.165, 1.54) is 7.11 Å². The molecule has 0 N–H and O–H groups in total. The van der Waals surface area contributed by atoms with Gasteiger partial charge in [-0.05, 0) is 25.8 Å². The normalized spacial score (nSPS) is 30.4. The van der Waals surface area contributed by atoms with E-state index in [0.717, 1.165) is 12.0 Å². The number of rotatable bonds is 3. The first-order valence-corrected chi connectivity index (χ1v) is 8.79. The second-order valence-corrected chi connectivity index (χ2v) is 7.03. The number of allylic oxidation sites excluding steroid dienone is 2. The van der Waals surface area contributed by atoms with Crippen LogP contribution in [0, 0.1) is 11.8 Å². The molecule has 0 radical (unpaired) electrons. The molecule has 6 nitrogen and oxygen atoms in total. The maximum Gasteiger partial charge on any atom is 0.334 e. The molecule has 0 aromatic rings. The summed E-state index contributed by atoms with van der Waals surface area (Å²) in [5, 5.41) is 0. The minimum Gasteiger partial charge on any atom is -0.466 e. The average molecular weight is 362 g/mol. The summed E-state index contributed by atoms with van der Waals surface area (Å²) in [7, 11) is 1.31. The number of methoxy groups -OCH3 is 1. The van der Waals surface area contributed by atoms with Crippen LogP contribution in [0.3, 0.4) is 0 Å². The third-order valence-electron chi connectivity index (χ3n) is 4.65. The SMILES string of the molecule is C=C1C(=O)O[C@@H]2/C=C(/C)CC/C=C(/C(=O)OC)C[C@@H](OC(=O)C(C)C)[C@@H]12. The van der Waals surface area contributed by atoms with Gasteiger partial charge in [-0.15, -0.1) is 0 Å². The molecule has 3 atom stereocenters. The Morgan fingerprint density at radius 2 is 2.04 bits per heavy atom. The molecule has 142 valence electrons. The highest BCUT2D eigenvalue weighted by Gasteiger charge is 2.45. The molecule has 0 spiro atoms. The van der Waals surface area contributed by atoms with Crippen molar-refractivity contribution in [2.24, 2.45) is 11.8 Å². The summed E-state index contributed by atoms with van der Waals surface area (Å²) in [6.45, 7) is 9.23. The van der Waals surface area contributed by atoms with Crippen molar-refractivity contribution in [2.75, 3.05) is 7.11 Å². The van der Waals surface area contributed by atoms with Crippen molar-refractivity contribution in [3.05, 3.63) is 35.5 Å². The zero-order valence-electron chi connectivity index (χ0n) is 15.7. The van der Waals surface area contributed by atoms with Crippen LogP contribution in [0.25, 0.3) is 0 Å². The van der Waals surface area contributed by atoms with Gasteiger partial charge in [0.05, 0.1) is 18.9 Å². The minimum atomic E-state index is -0.735. The van der Waals surface area contributed by atoms with Crippen molar-refractivity contribution >= 4 is 17.9 Å². The summed E-state index contributed by atoms with van der Waals surface area (Å²) in [4.78, 5) is 36.5. The molecule has 2 rings (SSSR count). The fourth-order valence-electron chi connectivity index (χ4n) is 3.14. The molecular formula is C20H26O6. The van der Waals surface area contributed by atoms with Crippen molar-refractivity contribution in [3.8, 4) is 0 Å². The van der Waals surface area contributed by atoms with Gasteiger partial charge in [0, 0.05) is 17.6 Å². The van der Waals surface area contributed by atoms with Gasteiger partial charge in [-0.2, -0.15) is 0 Å². The highest BCUT2D eigenvalue weighted by atomic mass is 16.6. The maximum atomic E-state index is 12.2. The van der Waals surface area contributed by atoms with Gasteiger partial charge < -0.3 is 14.2 Å². The summed E-state index contributed by atoms with van der Waals surface area (Å²) >= 11 is 0. The quantitative estimate of drug-likeness (QED) is 0.332. The van der Waals surface area contributed by atoms with Gasteiger partial charge >= 0.3 is 17.9 Å². The van der Waals surface area contributed by atoms with Crippen molar-refractivity contribution in [1.29, 1.82) is 0 Å². The lowest BCUT2D eigenvalue weighted by molar-refractivity contribution is -0.156. The van der Waals surface area contributed by atoms with E-state index in [-0.39, 0.29) is 17.9 Å². The van der Waals surface area contributed by atoms with Crippen LogP contribution in [0.2, 0.25) is 0 Å². The topological polar surface area (TPSA) is 78.9 Å². The summed E-state index contributed by atoms with van der Waals surface area (Å²) in [5.74, 6) is -2.24. The molecule has 0 aromatic heterocycles. The van der Waals surface area contributed by atoms with Gasteiger partial charge in [0.15, 0.2) is 0 Å². The fourth-order valence-corrected chi connectivity index (χ4v) is 3.14. The van der Waals surface area contributed by atoms with Crippen molar-refractivity contribution < 1.29 is 28.6 Å². The van der Waals surface area contributed by atoms with E-state index in [1.54, 1.807) is 19.9 Å². The molecule has 0 unspecified atom stereocenters. The highest BCUT2D eigenvalue weighted by molar-refractivity contribution is 5.92. The zero-order valence-corrected chi connectivity index (χ0v) is 15.7. The van der Waals surface area contributed by atoms with Gasteiger partial charge in [-0.3, -0.25) is 4.79 Å². The first-order chi connectivity index (χ1) is 12.2. The van der Waals surface area contributed by atoms with Crippen molar-refractivity contribution in [3.63, 3.8) is 0 Å². The van der Waals surface area contributed by atoms with E-state index in [4.69, 9.17) is 14.2 Å². The van der Waals surface area contributed by atoms with E-state index in [0.29, 0.717) is 12.0 Å². The molecule has 1 aliphatic carbocycles. The lowest BCUT2D eigenvalue weighted by Gasteiger charge is -2.28. The smallest absolute Gasteiger partial charge is 0.334 e. The number of ether oxygens (including phenoxy) is 3. The van der Waals surface area contributed by atoms with Crippen molar-refractivity contribution in [2.45, 2.75) is 52.2 Å². The lowest BCUT2D eigenvalue weighted by atomic mass is 9.85. The molecule has 6 heteroatoms. The van der Waals surface area contributed by atoms with E-state index >= 15 is 0 Å². The van der Waals surface area contributed by atoms with Gasteiger partial charge in [0.2, 0.25) is 0 Å². The molecule has 1 saturated heterocycles. The summed E-state index contributed by atoms with van der Waals surface area (Å²) in [6, 6.07) is 0. The van der Waals surface area contributed by atoms with Crippen molar-refractivity contribution in [1.82, 2.24) is 0 Å². The Labute approximate surface area is 153 Å². The Hall–Kier alpha value is -2.37. The molecule has 0 amide bonds. The van der Waals surface area contributed by atoms with Crippen LogP contribution in [0.5, 0.6) is 0 Å². The average Bonchev–Trinajstić information content (AvgIpc) is 2.85. The van der Waals surface area contributed by atoms with Gasteiger partial charge in [0.25, 0.3) is 0 Å². The first-order valence-electron chi connectivity index (χ1n) is 8.79. The predicted octanol–water partition coefficient (Wildman–Crippen LogP) is 2.88. The minimum absolute atomic E-state index is 0.148. The molecule has 1 fully saturated rings. The zero-order chi connectivity index (χ0) is 19.4. The molecule has 2 aliphatic rings.